The third kappa shape index (κ3) is 3.31. The summed E-state index contributed by atoms with van der Waals surface area (Å²) in [5.41, 5.74) is 0.293. The fraction of sp³-hybridized carbons (Fsp3) is 0.133. The molecular formula is C15H14BrNO4S. The Hall–Kier alpha value is -1.86. The van der Waals surface area contributed by atoms with Gasteiger partial charge in [-0.05, 0) is 43.3 Å². The lowest BCUT2D eigenvalue weighted by Gasteiger charge is -2.28. The Morgan fingerprint density at radius 2 is 1.64 bits per heavy atom. The van der Waals surface area contributed by atoms with Crippen molar-refractivity contribution in [3.63, 3.8) is 0 Å². The van der Waals surface area contributed by atoms with Gasteiger partial charge >= 0.3 is 5.97 Å². The van der Waals surface area contributed by atoms with E-state index in [1.165, 1.54) is 19.1 Å². The van der Waals surface area contributed by atoms with Gasteiger partial charge in [0.25, 0.3) is 10.0 Å². The minimum Gasteiger partial charge on any atom is -0.480 e. The van der Waals surface area contributed by atoms with Gasteiger partial charge in [-0.2, -0.15) is 0 Å². The number of nitrogens with zero attached hydrogens (tertiary/aromatic N) is 1. The maximum atomic E-state index is 12.8. The molecule has 0 radical (unpaired) electrons. The highest BCUT2D eigenvalue weighted by molar-refractivity contribution is 9.10. The molecule has 2 aromatic carbocycles. The van der Waals surface area contributed by atoms with Gasteiger partial charge in [-0.15, -0.1) is 0 Å². The van der Waals surface area contributed by atoms with Crippen LogP contribution in [0, 0.1) is 0 Å². The van der Waals surface area contributed by atoms with Gasteiger partial charge in [-0.1, -0.05) is 34.1 Å². The summed E-state index contributed by atoms with van der Waals surface area (Å²) >= 11 is 3.27. The van der Waals surface area contributed by atoms with Crippen LogP contribution < -0.4 is 4.31 Å². The fourth-order valence-electron chi connectivity index (χ4n) is 1.96. The second kappa shape index (κ2) is 6.50. The van der Waals surface area contributed by atoms with E-state index < -0.39 is 22.0 Å². The third-order valence-electron chi connectivity index (χ3n) is 3.09. The van der Waals surface area contributed by atoms with Crippen molar-refractivity contribution in [2.45, 2.75) is 17.9 Å². The Morgan fingerprint density at radius 1 is 1.09 bits per heavy atom. The molecule has 5 nitrogen and oxygen atoms in total. The van der Waals surface area contributed by atoms with Crippen LogP contribution in [0.25, 0.3) is 0 Å². The Morgan fingerprint density at radius 3 is 2.14 bits per heavy atom. The van der Waals surface area contributed by atoms with E-state index in [1.807, 2.05) is 0 Å². The largest absolute Gasteiger partial charge is 0.480 e. The number of hydrogen-bond acceptors (Lipinski definition) is 3. The van der Waals surface area contributed by atoms with Gasteiger partial charge in [0.15, 0.2) is 0 Å². The number of hydrogen-bond donors (Lipinski definition) is 1. The molecule has 0 fully saturated rings. The number of rotatable bonds is 5. The normalized spacial score (nSPS) is 12.6. The highest BCUT2D eigenvalue weighted by atomic mass is 79.9. The molecule has 0 bridgehead atoms. The molecule has 0 amide bonds. The number of carboxylic acids is 1. The first kappa shape index (κ1) is 16.5. The minimum absolute atomic E-state index is 0.0472. The quantitative estimate of drug-likeness (QED) is 0.860. The van der Waals surface area contributed by atoms with Crippen molar-refractivity contribution in [3.05, 3.63) is 59.1 Å². The zero-order valence-electron chi connectivity index (χ0n) is 11.7. The summed E-state index contributed by atoms with van der Waals surface area (Å²) in [6.07, 6.45) is 0. The minimum atomic E-state index is -3.97. The van der Waals surface area contributed by atoms with Crippen LogP contribution >= 0.6 is 15.9 Å². The number of carbonyl (C=O) groups is 1. The van der Waals surface area contributed by atoms with Gasteiger partial charge in [0, 0.05) is 4.47 Å². The van der Waals surface area contributed by atoms with E-state index in [4.69, 9.17) is 0 Å². The van der Waals surface area contributed by atoms with Gasteiger partial charge in [0.05, 0.1) is 10.6 Å². The summed E-state index contributed by atoms with van der Waals surface area (Å²) in [5.74, 6) is -1.22. The molecular weight excluding hydrogens is 370 g/mol. The van der Waals surface area contributed by atoms with Gasteiger partial charge in [0.2, 0.25) is 0 Å². The van der Waals surface area contributed by atoms with Crippen LogP contribution in [0.1, 0.15) is 6.92 Å². The number of anilines is 1. The fourth-order valence-corrected chi connectivity index (χ4v) is 3.86. The van der Waals surface area contributed by atoms with Crippen molar-refractivity contribution in [3.8, 4) is 0 Å². The summed E-state index contributed by atoms with van der Waals surface area (Å²) in [5, 5.41) is 9.26. The standard InChI is InChI=1S/C15H14BrNO4S/c1-11(15(18)19)17(13-9-7-12(16)8-10-13)22(20,21)14-5-3-2-4-6-14/h2-11H,1H3,(H,18,19). The van der Waals surface area contributed by atoms with Crippen LogP contribution in [0.3, 0.4) is 0 Å². The lowest BCUT2D eigenvalue weighted by Crippen LogP contribution is -2.43. The second-order valence-electron chi connectivity index (χ2n) is 4.60. The van der Waals surface area contributed by atoms with Crippen molar-refractivity contribution in [2.75, 3.05) is 4.31 Å². The number of aliphatic carboxylic acids is 1. The highest BCUT2D eigenvalue weighted by Crippen LogP contribution is 2.27. The first-order chi connectivity index (χ1) is 10.3. The first-order valence-electron chi connectivity index (χ1n) is 6.42. The van der Waals surface area contributed by atoms with Crippen molar-refractivity contribution < 1.29 is 18.3 Å². The van der Waals surface area contributed by atoms with E-state index in [0.717, 1.165) is 8.78 Å². The molecule has 0 saturated carbocycles. The molecule has 0 aliphatic carbocycles. The summed E-state index contributed by atoms with van der Waals surface area (Å²) in [4.78, 5) is 11.4. The smallest absolute Gasteiger partial charge is 0.327 e. The van der Waals surface area contributed by atoms with Crippen LogP contribution in [0.4, 0.5) is 5.69 Å². The maximum absolute atomic E-state index is 12.8. The molecule has 1 N–H and O–H groups in total. The van der Waals surface area contributed by atoms with Crippen molar-refractivity contribution in [1.82, 2.24) is 0 Å². The Balaban J connectivity index is 2.59. The lowest BCUT2D eigenvalue weighted by molar-refractivity contribution is -0.137. The van der Waals surface area contributed by atoms with Crippen LogP contribution in [-0.2, 0) is 14.8 Å². The SMILES string of the molecule is CC(C(=O)O)N(c1ccc(Br)cc1)S(=O)(=O)c1ccccc1. The average Bonchev–Trinajstić information content (AvgIpc) is 2.50. The first-order valence-corrected chi connectivity index (χ1v) is 8.65. The molecule has 2 aromatic rings. The topological polar surface area (TPSA) is 74.7 Å². The summed E-state index contributed by atoms with van der Waals surface area (Å²) in [6.45, 7) is 1.34. The van der Waals surface area contributed by atoms with E-state index in [1.54, 1.807) is 42.5 Å². The molecule has 0 aliphatic rings. The number of benzene rings is 2. The highest BCUT2D eigenvalue weighted by Gasteiger charge is 2.33. The predicted octanol–water partition coefficient (Wildman–Crippen LogP) is 3.12. The van der Waals surface area contributed by atoms with Crippen LogP contribution in [0.5, 0.6) is 0 Å². The second-order valence-corrected chi connectivity index (χ2v) is 7.34. The molecule has 0 spiro atoms. The van der Waals surface area contributed by atoms with Gasteiger partial charge in [0.1, 0.15) is 6.04 Å². The summed E-state index contributed by atoms with van der Waals surface area (Å²) < 4.78 is 27.3. The van der Waals surface area contributed by atoms with Gasteiger partial charge < -0.3 is 5.11 Å². The van der Waals surface area contributed by atoms with E-state index in [9.17, 15) is 18.3 Å². The van der Waals surface area contributed by atoms with Crippen LogP contribution in [0.15, 0.2) is 64.0 Å². The van der Waals surface area contributed by atoms with E-state index >= 15 is 0 Å². The Kier molecular flexibility index (Phi) is 4.87. The zero-order chi connectivity index (χ0) is 16.3. The number of carboxylic acid groups (broad SMARTS) is 1. The molecule has 1 atom stereocenters. The number of halogens is 1. The monoisotopic (exact) mass is 383 g/mol. The van der Waals surface area contributed by atoms with E-state index in [0.29, 0.717) is 5.69 Å². The lowest BCUT2D eigenvalue weighted by atomic mass is 10.2. The van der Waals surface area contributed by atoms with Crippen molar-refractivity contribution in [1.29, 1.82) is 0 Å². The van der Waals surface area contributed by atoms with Crippen LogP contribution in [0.2, 0.25) is 0 Å². The summed E-state index contributed by atoms with van der Waals surface area (Å²) in [7, 11) is -3.97. The molecule has 2 rings (SSSR count). The predicted molar refractivity (Wildman–Crippen MR) is 87.3 cm³/mol. The van der Waals surface area contributed by atoms with E-state index in [-0.39, 0.29) is 4.90 Å². The average molecular weight is 384 g/mol. The van der Waals surface area contributed by atoms with Crippen molar-refractivity contribution in [2.24, 2.45) is 0 Å². The Labute approximate surface area is 137 Å². The van der Waals surface area contributed by atoms with E-state index in [2.05, 4.69) is 15.9 Å². The zero-order valence-corrected chi connectivity index (χ0v) is 14.1. The molecule has 7 heteroatoms. The van der Waals surface area contributed by atoms with Gasteiger partial charge in [-0.25, -0.2) is 13.2 Å². The maximum Gasteiger partial charge on any atom is 0.327 e. The molecule has 0 aromatic heterocycles. The van der Waals surface area contributed by atoms with Crippen molar-refractivity contribution >= 4 is 37.6 Å². The molecule has 0 aliphatic heterocycles. The third-order valence-corrected chi connectivity index (χ3v) is 5.53. The summed E-state index contributed by atoms with van der Waals surface area (Å²) in [6, 6.07) is 13.0. The van der Waals surface area contributed by atoms with Crippen LogP contribution in [-0.4, -0.2) is 25.5 Å². The molecule has 0 saturated heterocycles. The molecule has 1 unspecified atom stereocenters. The number of sulfonamides is 1. The Bertz CT molecular complexity index is 760. The van der Waals surface area contributed by atoms with Gasteiger partial charge in [-0.3, -0.25) is 4.31 Å². The molecule has 116 valence electrons. The molecule has 22 heavy (non-hydrogen) atoms. The molecule has 0 heterocycles.